The first kappa shape index (κ1) is 73.7. The van der Waals surface area contributed by atoms with Crippen molar-refractivity contribution in [2.45, 2.75) is 7.43 Å². The molecule has 1 unspecified atom stereocenters. The van der Waals surface area contributed by atoms with Crippen molar-refractivity contribution in [3.8, 4) is 22.5 Å². The fourth-order valence-electron chi connectivity index (χ4n) is 6.70. The van der Waals surface area contributed by atoms with Gasteiger partial charge in [-0.1, -0.05) is 62.0 Å². The fourth-order valence-corrected chi connectivity index (χ4v) is 8.52. The number of nitrogens with zero attached hydrogens (tertiary/aromatic N) is 9. The van der Waals surface area contributed by atoms with Gasteiger partial charge in [-0.3, -0.25) is 34.2 Å². The number of benzene rings is 3. The minimum absolute atomic E-state index is 0. The van der Waals surface area contributed by atoms with Crippen LogP contribution in [0.15, 0.2) is 184 Å². The number of hydrogen-bond donors (Lipinski definition) is 10. The summed E-state index contributed by atoms with van der Waals surface area (Å²) in [6.45, 7) is 0. The molecular formula is C54H60BBr2KN17O7PS2. The van der Waals surface area contributed by atoms with E-state index in [0.29, 0.717) is 68.7 Å². The standard InChI is InChI=1S/C18H12N4O2S.C13H9BrN4O.C12H14N2O2.C4H5BO2S.C3H4BrN3.C3H5N3.CH4.K.H3N.H3P.H/c23-11-20-13-4-1-3-12(9-13)15-6-7-19-18-14(10-21-22(15)18)17(24)16-5-2-8-25-16;14-11-7-17-18-12(4-5-15-13(11)18)9-2-1-3-10(6-9)16-8-19;1-14(2)7-6-12(16)10-4-3-5-11(8-10)13-9-15;6-5(7)4-2-1-3-8-4;4-2-1-6-7-3(2)5;4-3-1-2-5-6-3;;;;;/h1-11H,(H,20,23);1-8H,(H,16,19);3-9H,1-2H3,(H,13,15);1-3,6-7H;1H,(H3,5,6,7);1-2H,(H3,4,5,6);1H4;;2*1H3;/q;;;;;;;+1;;;-1/b;;7-6+;;;;;;;;. The van der Waals surface area contributed by atoms with Crippen molar-refractivity contribution < 1.29 is 86.8 Å². The van der Waals surface area contributed by atoms with Crippen LogP contribution in [0.25, 0.3) is 33.8 Å². The molecule has 11 aromatic rings. The molecule has 3 aromatic carbocycles. The molecule has 0 aliphatic rings. The zero-order chi connectivity index (χ0) is 58.1. The van der Waals surface area contributed by atoms with Crippen LogP contribution in [0.5, 0.6) is 0 Å². The molecule has 0 saturated heterocycles. The maximum Gasteiger partial charge on any atom is 1.00 e. The predicted octanol–water partition coefficient (Wildman–Crippen LogP) is 5.64. The number of ketones is 2. The molecule has 1 atom stereocenters. The number of nitrogens with two attached hydrogens (primary N) is 2. The van der Waals surface area contributed by atoms with E-state index < -0.39 is 7.12 Å². The molecule has 438 valence electrons. The van der Waals surface area contributed by atoms with Gasteiger partial charge in [0.25, 0.3) is 0 Å². The van der Waals surface area contributed by atoms with Crippen molar-refractivity contribution in [2.75, 3.05) is 41.5 Å². The van der Waals surface area contributed by atoms with Crippen LogP contribution >= 0.6 is 64.4 Å². The van der Waals surface area contributed by atoms with Crippen molar-refractivity contribution in [2.24, 2.45) is 0 Å². The quantitative estimate of drug-likeness (QED) is 0.0207. The van der Waals surface area contributed by atoms with E-state index in [1.807, 2.05) is 80.1 Å². The molecule has 0 spiro atoms. The molecule has 31 heteroatoms. The van der Waals surface area contributed by atoms with E-state index in [1.54, 1.807) is 117 Å². The number of nitrogens with one attached hydrogen (secondary N) is 5. The van der Waals surface area contributed by atoms with Crippen LogP contribution in [0.1, 0.15) is 34.4 Å². The van der Waals surface area contributed by atoms with Crippen molar-refractivity contribution in [3.63, 3.8) is 0 Å². The van der Waals surface area contributed by atoms with Gasteiger partial charge in [0.15, 0.2) is 17.1 Å². The molecule has 0 aliphatic heterocycles. The topological polar surface area (TPSA) is 370 Å². The summed E-state index contributed by atoms with van der Waals surface area (Å²) in [7, 11) is 2.39. The summed E-state index contributed by atoms with van der Waals surface area (Å²) >= 11 is 9.28. The number of hydrogen-bond acceptors (Lipinski definition) is 19. The summed E-state index contributed by atoms with van der Waals surface area (Å²) in [5, 5.41) is 49.3. The molecule has 0 radical (unpaired) electrons. The first-order valence-electron chi connectivity index (χ1n) is 23.5. The van der Waals surface area contributed by atoms with Gasteiger partial charge in [0, 0.05) is 77.3 Å². The fraction of sp³-hybridized carbons (Fsp3) is 0.0556. The van der Waals surface area contributed by atoms with Gasteiger partial charge in [-0.2, -0.15) is 41.6 Å². The second-order valence-corrected chi connectivity index (χ2v) is 19.8. The summed E-state index contributed by atoms with van der Waals surface area (Å²) in [6.07, 6.45) is 14.9. The molecule has 11 rings (SSSR count). The predicted molar refractivity (Wildman–Crippen MR) is 347 cm³/mol. The second-order valence-electron chi connectivity index (χ2n) is 16.2. The number of aromatic amines is 2. The normalized spacial score (nSPS) is 9.67. The van der Waals surface area contributed by atoms with E-state index in [4.69, 9.17) is 21.5 Å². The number of fused-ring (bicyclic) bond motifs is 2. The Morgan fingerprint density at radius 3 is 1.68 bits per heavy atom. The minimum atomic E-state index is -1.30. The summed E-state index contributed by atoms with van der Waals surface area (Å²) in [5.74, 6) is 0.990. The Kier molecular flexibility index (Phi) is 33.4. The number of allylic oxidation sites excluding steroid dienone is 1. The van der Waals surface area contributed by atoms with E-state index in [0.717, 1.165) is 42.8 Å². The van der Waals surface area contributed by atoms with Crippen LogP contribution in [0.3, 0.4) is 0 Å². The number of aromatic nitrogens is 10. The number of carbonyl (C=O) groups excluding carboxylic acids is 5. The van der Waals surface area contributed by atoms with Gasteiger partial charge < -0.3 is 49.9 Å². The molecule has 3 amide bonds. The smallest absolute Gasteiger partial charge is 1.00 e. The summed E-state index contributed by atoms with van der Waals surface area (Å²) in [5.41, 5.74) is 18.2. The Morgan fingerprint density at radius 1 is 0.682 bits per heavy atom. The zero-order valence-electron chi connectivity index (χ0n) is 46.2. The molecule has 24 nitrogen and oxygen atoms in total. The number of thiophene rings is 2. The van der Waals surface area contributed by atoms with Crippen LogP contribution in [0, 0.1) is 0 Å². The van der Waals surface area contributed by atoms with E-state index in [-0.39, 0.29) is 87.9 Å². The molecular weight excluding hydrogens is 1300 g/mol. The van der Waals surface area contributed by atoms with Crippen LogP contribution < -0.4 is 89.7 Å². The Labute approximate surface area is 560 Å². The molecule has 8 aromatic heterocycles. The molecule has 14 N–H and O–H groups in total. The number of rotatable bonds is 14. The third kappa shape index (κ3) is 22.5. The van der Waals surface area contributed by atoms with Gasteiger partial charge in [-0.25, -0.2) is 19.0 Å². The summed E-state index contributed by atoms with van der Waals surface area (Å²) < 4.78 is 5.64. The second kappa shape index (κ2) is 38.5. The Bertz CT molecular complexity index is 3810. The van der Waals surface area contributed by atoms with Crippen molar-refractivity contribution in [3.05, 3.63) is 200 Å². The van der Waals surface area contributed by atoms with E-state index in [1.165, 1.54) is 28.7 Å². The maximum absolute atomic E-state index is 12.6. The largest absolute Gasteiger partial charge is 1.00 e. The van der Waals surface area contributed by atoms with Crippen molar-refractivity contribution >= 4 is 147 Å². The Morgan fingerprint density at radius 2 is 1.24 bits per heavy atom. The third-order valence-electron chi connectivity index (χ3n) is 10.4. The molecule has 8 heterocycles. The van der Waals surface area contributed by atoms with Crippen LogP contribution in [-0.2, 0) is 14.4 Å². The molecule has 0 saturated carbocycles. The van der Waals surface area contributed by atoms with Crippen molar-refractivity contribution in [1.29, 1.82) is 0 Å². The number of halogens is 2. The van der Waals surface area contributed by atoms with E-state index in [9.17, 15) is 24.0 Å². The molecule has 0 fully saturated rings. The Hall–Kier alpha value is -7.42. The Balaban J connectivity index is 0.000000545. The van der Waals surface area contributed by atoms with Gasteiger partial charge in [-0.05, 0) is 103 Å². The van der Waals surface area contributed by atoms with Gasteiger partial charge in [0.1, 0.15) is 11.6 Å². The molecule has 0 aliphatic carbocycles. The first-order chi connectivity index (χ1) is 39.2. The first-order valence-corrected chi connectivity index (χ1v) is 26.8. The molecule has 0 bridgehead atoms. The van der Waals surface area contributed by atoms with Gasteiger partial charge in [0.2, 0.25) is 25.0 Å². The average molecular weight is 1360 g/mol. The van der Waals surface area contributed by atoms with E-state index >= 15 is 0 Å². The van der Waals surface area contributed by atoms with Crippen LogP contribution in [-0.4, -0.2) is 117 Å². The van der Waals surface area contributed by atoms with Gasteiger partial charge in [0.05, 0.1) is 55.6 Å². The number of nitrogen functional groups attached to an aromatic ring is 2. The van der Waals surface area contributed by atoms with Crippen LogP contribution in [0.4, 0.5) is 28.7 Å². The van der Waals surface area contributed by atoms with Gasteiger partial charge in [-0.15, -0.1) is 11.3 Å². The van der Waals surface area contributed by atoms with Crippen molar-refractivity contribution in [1.82, 2.24) is 60.6 Å². The van der Waals surface area contributed by atoms with Crippen LogP contribution in [0.2, 0.25) is 0 Å². The zero-order valence-corrected chi connectivity index (χ0v) is 54.5. The maximum atomic E-state index is 12.6. The third-order valence-corrected chi connectivity index (χ3v) is 13.3. The summed E-state index contributed by atoms with van der Waals surface area (Å²) in [4.78, 5) is 66.7. The average Bonchev–Trinajstić information content (AvgIpc) is 2.43. The summed E-state index contributed by atoms with van der Waals surface area (Å²) in [6, 6.07) is 34.2. The number of anilines is 5. The minimum Gasteiger partial charge on any atom is -1.00 e. The number of amides is 3. The van der Waals surface area contributed by atoms with Gasteiger partial charge >= 0.3 is 58.5 Å². The molecule has 85 heavy (non-hydrogen) atoms. The SMILES string of the molecule is C.CN(C)/C=C/C(=O)c1cccc(NC=O)c1.N.Nc1[nH]ncc1Br.Nc1ccn[nH]1.O=CNc1cccc(-c2ccnc3c(Br)cnn23)c1.O=CNc1cccc(-c2ccnc3c(C(=O)c4cccs4)cnn23)c1.OB(O)c1cccs1.P.[H-].[K+]. The number of H-pyrrole nitrogens is 2. The van der Waals surface area contributed by atoms with E-state index in [2.05, 4.69) is 88.4 Å². The number of carbonyl (C=O) groups is 5. The monoisotopic (exact) mass is 1360 g/mol.